The summed E-state index contributed by atoms with van der Waals surface area (Å²) in [6.07, 6.45) is 25.7. The fourth-order valence-corrected chi connectivity index (χ4v) is 4.60. The lowest BCUT2D eigenvalue weighted by atomic mass is 9.90. The molecular weight excluding hydrogens is 396 g/mol. The van der Waals surface area contributed by atoms with Crippen LogP contribution in [0.5, 0.6) is 0 Å². The second-order valence-corrected chi connectivity index (χ2v) is 9.53. The normalized spacial score (nSPS) is 18.1. The van der Waals surface area contributed by atoms with E-state index in [1.165, 1.54) is 51.4 Å². The van der Waals surface area contributed by atoms with Crippen LogP contribution in [0.3, 0.4) is 0 Å². The van der Waals surface area contributed by atoms with Crippen LogP contribution in [0.4, 0.5) is 0 Å². The molecule has 0 aromatic carbocycles. The Labute approximate surface area is 198 Å². The number of allylic oxidation sites excluding steroid dienone is 2. The average Bonchev–Trinajstić information content (AvgIpc) is 2.78. The Hall–Kier alpha value is -1.58. The number of nitrogens with one attached hydrogen (secondary N) is 2. The molecule has 2 N–H and O–H groups in total. The fourth-order valence-electron chi connectivity index (χ4n) is 4.60. The van der Waals surface area contributed by atoms with Gasteiger partial charge in [-0.1, -0.05) is 76.4 Å². The maximum atomic E-state index is 12.4. The maximum absolute atomic E-state index is 12.4. The van der Waals surface area contributed by atoms with E-state index < -0.39 is 0 Å². The summed E-state index contributed by atoms with van der Waals surface area (Å²) in [5.41, 5.74) is 0. The van der Waals surface area contributed by atoms with Gasteiger partial charge in [0.15, 0.2) is 0 Å². The maximum Gasteiger partial charge on any atom is 0.220 e. The molecule has 0 radical (unpaired) electrons. The molecule has 1 aliphatic rings. The molecule has 4 heteroatoms. The van der Waals surface area contributed by atoms with E-state index >= 15 is 0 Å². The molecule has 2 amide bonds. The molecule has 4 nitrogen and oxygen atoms in total. The van der Waals surface area contributed by atoms with Crippen LogP contribution in [-0.2, 0) is 9.59 Å². The van der Waals surface area contributed by atoms with Crippen molar-refractivity contribution in [1.82, 2.24) is 10.6 Å². The first-order chi connectivity index (χ1) is 15.7. The molecule has 2 unspecified atom stereocenters. The van der Waals surface area contributed by atoms with E-state index in [1.54, 1.807) is 0 Å². The first-order valence-electron chi connectivity index (χ1n) is 13.5. The van der Waals surface area contributed by atoms with Crippen molar-refractivity contribution in [3.05, 3.63) is 25.3 Å². The van der Waals surface area contributed by atoms with E-state index in [0.29, 0.717) is 12.8 Å². The first kappa shape index (κ1) is 28.5. The minimum atomic E-state index is 0.101. The number of carbonyl (C=O) groups excluding carboxylic acids is 2. The Morgan fingerprint density at radius 1 is 0.594 bits per heavy atom. The first-order valence-corrected chi connectivity index (χ1v) is 13.5. The van der Waals surface area contributed by atoms with Crippen LogP contribution in [0.25, 0.3) is 0 Å². The molecule has 1 rings (SSSR count). The highest BCUT2D eigenvalue weighted by Crippen LogP contribution is 2.19. The predicted octanol–water partition coefficient (Wildman–Crippen LogP) is 7.14. The van der Waals surface area contributed by atoms with E-state index in [0.717, 1.165) is 64.2 Å². The SMILES string of the molecule is C=CCCCCCCCCC(=O)NC1CCCCC1NC(=O)CCCCCCCCC=C. The summed E-state index contributed by atoms with van der Waals surface area (Å²) < 4.78 is 0. The van der Waals surface area contributed by atoms with Crippen molar-refractivity contribution < 1.29 is 9.59 Å². The van der Waals surface area contributed by atoms with Gasteiger partial charge in [0.1, 0.15) is 0 Å². The average molecular weight is 447 g/mol. The van der Waals surface area contributed by atoms with Crippen LogP contribution in [-0.4, -0.2) is 23.9 Å². The van der Waals surface area contributed by atoms with Gasteiger partial charge >= 0.3 is 0 Å². The molecule has 32 heavy (non-hydrogen) atoms. The number of unbranched alkanes of at least 4 members (excludes halogenated alkanes) is 12. The lowest BCUT2D eigenvalue weighted by Crippen LogP contribution is -2.53. The molecule has 0 aromatic heterocycles. The second-order valence-electron chi connectivity index (χ2n) is 9.53. The van der Waals surface area contributed by atoms with Crippen molar-refractivity contribution in [2.75, 3.05) is 0 Å². The van der Waals surface area contributed by atoms with Crippen molar-refractivity contribution in [3.8, 4) is 0 Å². The topological polar surface area (TPSA) is 58.2 Å². The summed E-state index contributed by atoms with van der Waals surface area (Å²) in [4.78, 5) is 24.8. The van der Waals surface area contributed by atoms with Crippen molar-refractivity contribution in [1.29, 1.82) is 0 Å². The molecule has 1 saturated carbocycles. The van der Waals surface area contributed by atoms with Gasteiger partial charge in [0, 0.05) is 24.9 Å². The monoisotopic (exact) mass is 446 g/mol. The Balaban J connectivity index is 2.14. The molecule has 0 aliphatic heterocycles. The summed E-state index contributed by atoms with van der Waals surface area (Å²) in [7, 11) is 0. The van der Waals surface area contributed by atoms with E-state index in [9.17, 15) is 9.59 Å². The number of hydrogen-bond donors (Lipinski definition) is 2. The van der Waals surface area contributed by atoms with Crippen LogP contribution < -0.4 is 10.6 Å². The van der Waals surface area contributed by atoms with Gasteiger partial charge in [-0.15, -0.1) is 13.2 Å². The molecule has 1 fully saturated rings. The number of hydrogen-bond acceptors (Lipinski definition) is 2. The smallest absolute Gasteiger partial charge is 0.220 e. The van der Waals surface area contributed by atoms with E-state index in [2.05, 4.69) is 23.8 Å². The molecule has 0 saturated heterocycles. The van der Waals surface area contributed by atoms with Gasteiger partial charge < -0.3 is 10.6 Å². The van der Waals surface area contributed by atoms with E-state index in [-0.39, 0.29) is 23.9 Å². The van der Waals surface area contributed by atoms with Gasteiger partial charge in [-0.2, -0.15) is 0 Å². The minimum absolute atomic E-state index is 0.101. The summed E-state index contributed by atoms with van der Waals surface area (Å²) in [6.45, 7) is 7.51. The highest BCUT2D eigenvalue weighted by Gasteiger charge is 2.27. The molecular formula is C28H50N2O2. The quantitative estimate of drug-likeness (QED) is 0.154. The summed E-state index contributed by atoms with van der Waals surface area (Å²) in [5, 5.41) is 6.44. The Morgan fingerprint density at radius 3 is 1.31 bits per heavy atom. The van der Waals surface area contributed by atoms with Gasteiger partial charge in [0.25, 0.3) is 0 Å². The van der Waals surface area contributed by atoms with Crippen molar-refractivity contribution in [2.24, 2.45) is 0 Å². The summed E-state index contributed by atoms with van der Waals surface area (Å²) in [6, 6.07) is 0.202. The van der Waals surface area contributed by atoms with Crippen LogP contribution in [0.15, 0.2) is 25.3 Å². The second kappa shape index (κ2) is 20.1. The molecule has 0 spiro atoms. The van der Waals surface area contributed by atoms with Crippen LogP contribution >= 0.6 is 0 Å². The van der Waals surface area contributed by atoms with Crippen molar-refractivity contribution in [3.63, 3.8) is 0 Å². The van der Waals surface area contributed by atoms with Crippen molar-refractivity contribution >= 4 is 11.8 Å². The molecule has 0 heterocycles. The standard InChI is InChI=1S/C28H50N2O2/c1-3-5-7-9-11-13-15-17-23-27(31)29-25-21-19-20-22-26(25)30-28(32)24-18-16-14-12-10-8-6-4-2/h3-4,25-26H,1-2,5-24H2,(H,29,31)(H,30,32). The van der Waals surface area contributed by atoms with Crippen molar-refractivity contribution in [2.45, 2.75) is 141 Å². The van der Waals surface area contributed by atoms with E-state index in [1.807, 2.05) is 12.2 Å². The summed E-state index contributed by atoms with van der Waals surface area (Å²) >= 11 is 0. The zero-order valence-corrected chi connectivity index (χ0v) is 20.7. The largest absolute Gasteiger partial charge is 0.351 e. The number of rotatable bonds is 20. The third kappa shape index (κ3) is 15.3. The third-order valence-electron chi connectivity index (χ3n) is 6.58. The fraction of sp³-hybridized carbons (Fsp3) is 0.786. The van der Waals surface area contributed by atoms with Gasteiger partial charge in [-0.25, -0.2) is 0 Å². The zero-order chi connectivity index (χ0) is 23.3. The van der Waals surface area contributed by atoms with Crippen LogP contribution in [0, 0.1) is 0 Å². The van der Waals surface area contributed by atoms with E-state index in [4.69, 9.17) is 0 Å². The molecule has 2 atom stereocenters. The molecule has 184 valence electrons. The van der Waals surface area contributed by atoms with Crippen LogP contribution in [0.2, 0.25) is 0 Å². The van der Waals surface area contributed by atoms with Gasteiger partial charge in [-0.3, -0.25) is 9.59 Å². The lowest BCUT2D eigenvalue weighted by Gasteiger charge is -2.33. The minimum Gasteiger partial charge on any atom is -0.351 e. The Morgan fingerprint density at radius 2 is 0.938 bits per heavy atom. The van der Waals surface area contributed by atoms with Crippen LogP contribution in [0.1, 0.15) is 128 Å². The highest BCUT2D eigenvalue weighted by molar-refractivity contribution is 5.77. The van der Waals surface area contributed by atoms with Gasteiger partial charge in [-0.05, 0) is 51.4 Å². The lowest BCUT2D eigenvalue weighted by molar-refractivity contribution is -0.125. The molecule has 0 bridgehead atoms. The Kier molecular flexibility index (Phi) is 17.8. The third-order valence-corrected chi connectivity index (χ3v) is 6.58. The Bertz CT molecular complexity index is 472. The number of carbonyl (C=O) groups is 2. The summed E-state index contributed by atoms with van der Waals surface area (Å²) in [5.74, 6) is 0.304. The number of amides is 2. The van der Waals surface area contributed by atoms with Gasteiger partial charge in [0.05, 0.1) is 0 Å². The molecule has 0 aromatic rings. The highest BCUT2D eigenvalue weighted by atomic mass is 16.2. The van der Waals surface area contributed by atoms with Gasteiger partial charge in [0.2, 0.25) is 11.8 Å². The molecule has 1 aliphatic carbocycles. The zero-order valence-electron chi connectivity index (χ0n) is 20.7. The predicted molar refractivity (Wildman–Crippen MR) is 137 cm³/mol.